The third-order valence-electron chi connectivity index (χ3n) is 6.45. The molecule has 1 aromatic heterocycles. The number of aromatic amines is 1. The second kappa shape index (κ2) is 8.60. The molecule has 1 aliphatic rings. The van der Waals surface area contributed by atoms with E-state index in [1.165, 1.54) is 5.56 Å². The van der Waals surface area contributed by atoms with Crippen LogP contribution in [0, 0.1) is 12.8 Å². The number of nitrogens with one attached hydrogen (secondary N) is 2. The number of carbonyl (C=O) groups is 1. The lowest BCUT2D eigenvalue weighted by molar-refractivity contribution is -0.121. The van der Waals surface area contributed by atoms with Crippen LogP contribution in [0.3, 0.4) is 0 Å². The molecule has 0 radical (unpaired) electrons. The van der Waals surface area contributed by atoms with E-state index >= 15 is 0 Å². The van der Waals surface area contributed by atoms with Crippen LogP contribution in [0.1, 0.15) is 18.4 Å². The molecule has 1 amide bonds. The van der Waals surface area contributed by atoms with Crippen molar-refractivity contribution < 1.29 is 4.79 Å². The fraction of sp³-hybridized carbons (Fsp3) is 0.259. The largest absolute Gasteiger partial charge is 0.338 e. The Morgan fingerprint density at radius 3 is 2.22 bits per heavy atom. The maximum Gasteiger partial charge on any atom is 0.227 e. The van der Waals surface area contributed by atoms with E-state index in [-0.39, 0.29) is 11.8 Å². The van der Waals surface area contributed by atoms with Gasteiger partial charge in [0, 0.05) is 17.2 Å². The van der Waals surface area contributed by atoms with E-state index in [0.29, 0.717) is 0 Å². The SMILES string of the molecule is Cc1cccc2[nH]c(-c3ccc(-c4ccc(NC(=O)C5CCN(C)CC5)cc4)cc3)nc12. The van der Waals surface area contributed by atoms with E-state index < -0.39 is 0 Å². The van der Waals surface area contributed by atoms with Crippen molar-refractivity contribution in [3.05, 3.63) is 72.3 Å². The van der Waals surface area contributed by atoms with Gasteiger partial charge in [-0.15, -0.1) is 0 Å². The summed E-state index contributed by atoms with van der Waals surface area (Å²) in [5, 5.41) is 3.08. The van der Waals surface area contributed by atoms with Gasteiger partial charge >= 0.3 is 0 Å². The van der Waals surface area contributed by atoms with Crippen LogP contribution in [0.4, 0.5) is 5.69 Å². The number of rotatable bonds is 4. The van der Waals surface area contributed by atoms with Gasteiger partial charge in [-0.3, -0.25) is 4.79 Å². The van der Waals surface area contributed by atoms with Crippen molar-refractivity contribution in [2.75, 3.05) is 25.5 Å². The molecule has 0 atom stereocenters. The number of carbonyl (C=O) groups excluding carboxylic acids is 1. The zero-order valence-corrected chi connectivity index (χ0v) is 18.6. The molecule has 0 spiro atoms. The topological polar surface area (TPSA) is 61.0 Å². The standard InChI is InChI=1S/C27H28N4O/c1-18-4-3-5-24-25(18)30-26(29-24)21-8-6-19(7-9-21)20-10-12-23(13-11-20)28-27(32)22-14-16-31(2)17-15-22/h3-13,22H,14-17H2,1-2H3,(H,28,32)(H,29,30). The number of H-pyrrole nitrogens is 1. The van der Waals surface area contributed by atoms with Crippen LogP contribution in [0.5, 0.6) is 0 Å². The second-order valence-corrected chi connectivity index (χ2v) is 8.78. The summed E-state index contributed by atoms with van der Waals surface area (Å²) in [5.41, 5.74) is 7.41. The van der Waals surface area contributed by atoms with Crippen LogP contribution >= 0.6 is 0 Å². The van der Waals surface area contributed by atoms with Gasteiger partial charge in [-0.1, -0.05) is 48.5 Å². The fourth-order valence-electron chi connectivity index (χ4n) is 4.39. The molecule has 1 saturated heterocycles. The van der Waals surface area contributed by atoms with E-state index in [0.717, 1.165) is 65.2 Å². The normalized spacial score (nSPS) is 15.2. The van der Waals surface area contributed by atoms with Crippen LogP contribution in [0.2, 0.25) is 0 Å². The van der Waals surface area contributed by atoms with Gasteiger partial charge in [0.1, 0.15) is 5.82 Å². The molecule has 4 aromatic rings. The van der Waals surface area contributed by atoms with Crippen LogP contribution in [0.15, 0.2) is 66.7 Å². The Bertz CT molecular complexity index is 1230. The lowest BCUT2D eigenvalue weighted by atomic mass is 9.96. The molecule has 2 N–H and O–H groups in total. The number of imidazole rings is 1. The summed E-state index contributed by atoms with van der Waals surface area (Å²) in [6.45, 7) is 4.05. The monoisotopic (exact) mass is 424 g/mol. The molecule has 3 aromatic carbocycles. The molecule has 1 aliphatic heterocycles. The smallest absolute Gasteiger partial charge is 0.227 e. The van der Waals surface area contributed by atoms with Gasteiger partial charge in [0.05, 0.1) is 11.0 Å². The summed E-state index contributed by atoms with van der Waals surface area (Å²) in [6, 6.07) is 22.7. The lowest BCUT2D eigenvalue weighted by Gasteiger charge is -2.28. The summed E-state index contributed by atoms with van der Waals surface area (Å²) < 4.78 is 0. The number of para-hydroxylation sites is 1. The maximum absolute atomic E-state index is 12.5. The van der Waals surface area contributed by atoms with Gasteiger partial charge in [0.15, 0.2) is 0 Å². The van der Waals surface area contributed by atoms with E-state index in [1.54, 1.807) is 0 Å². The number of aryl methyl sites for hydroxylation is 1. The van der Waals surface area contributed by atoms with E-state index in [2.05, 4.69) is 77.7 Å². The molecule has 0 aliphatic carbocycles. The third-order valence-corrected chi connectivity index (χ3v) is 6.45. The van der Waals surface area contributed by atoms with Gasteiger partial charge in [0.25, 0.3) is 0 Å². The molecule has 5 heteroatoms. The highest BCUT2D eigenvalue weighted by molar-refractivity contribution is 5.93. The van der Waals surface area contributed by atoms with Crippen molar-refractivity contribution in [2.24, 2.45) is 5.92 Å². The Morgan fingerprint density at radius 1 is 0.938 bits per heavy atom. The van der Waals surface area contributed by atoms with E-state index in [4.69, 9.17) is 4.98 Å². The fourth-order valence-corrected chi connectivity index (χ4v) is 4.39. The Hall–Kier alpha value is -3.44. The van der Waals surface area contributed by atoms with Crippen molar-refractivity contribution in [3.63, 3.8) is 0 Å². The van der Waals surface area contributed by atoms with Crippen molar-refractivity contribution in [1.82, 2.24) is 14.9 Å². The molecular weight excluding hydrogens is 396 g/mol. The van der Waals surface area contributed by atoms with Gasteiger partial charge in [-0.25, -0.2) is 4.98 Å². The number of nitrogens with zero attached hydrogens (tertiary/aromatic N) is 2. The molecule has 0 bridgehead atoms. The Morgan fingerprint density at radius 2 is 1.56 bits per heavy atom. The highest BCUT2D eigenvalue weighted by Crippen LogP contribution is 2.27. The van der Waals surface area contributed by atoms with E-state index in [1.807, 2.05) is 18.2 Å². The first-order valence-electron chi connectivity index (χ1n) is 11.2. The van der Waals surface area contributed by atoms with Crippen LogP contribution in [0.25, 0.3) is 33.5 Å². The summed E-state index contributed by atoms with van der Waals surface area (Å²) in [6.07, 6.45) is 1.86. The minimum atomic E-state index is 0.112. The molecule has 32 heavy (non-hydrogen) atoms. The summed E-state index contributed by atoms with van der Waals surface area (Å²) in [7, 11) is 2.11. The predicted octanol–water partition coefficient (Wildman–Crippen LogP) is 5.49. The van der Waals surface area contributed by atoms with Crippen molar-refractivity contribution >= 4 is 22.6 Å². The zero-order valence-electron chi connectivity index (χ0n) is 18.6. The summed E-state index contributed by atoms with van der Waals surface area (Å²) in [4.78, 5) is 23.0. The second-order valence-electron chi connectivity index (χ2n) is 8.78. The number of fused-ring (bicyclic) bond motifs is 1. The molecule has 0 saturated carbocycles. The first-order chi connectivity index (χ1) is 15.6. The first-order valence-corrected chi connectivity index (χ1v) is 11.2. The Labute approximate surface area is 188 Å². The van der Waals surface area contributed by atoms with Crippen LogP contribution in [-0.2, 0) is 4.79 Å². The molecule has 5 nitrogen and oxygen atoms in total. The number of hydrogen-bond donors (Lipinski definition) is 2. The highest BCUT2D eigenvalue weighted by Gasteiger charge is 2.23. The number of aromatic nitrogens is 2. The minimum absolute atomic E-state index is 0.112. The number of likely N-dealkylation sites (tertiary alicyclic amines) is 1. The lowest BCUT2D eigenvalue weighted by Crippen LogP contribution is -2.35. The quantitative estimate of drug-likeness (QED) is 0.456. The summed E-state index contributed by atoms with van der Waals surface area (Å²) >= 11 is 0. The van der Waals surface area contributed by atoms with Crippen molar-refractivity contribution in [3.8, 4) is 22.5 Å². The molecule has 162 valence electrons. The average Bonchev–Trinajstić information content (AvgIpc) is 3.26. The number of benzene rings is 3. The zero-order chi connectivity index (χ0) is 22.1. The molecule has 2 heterocycles. The minimum Gasteiger partial charge on any atom is -0.338 e. The van der Waals surface area contributed by atoms with Gasteiger partial charge in [-0.05, 0) is 74.8 Å². The summed E-state index contributed by atoms with van der Waals surface area (Å²) in [5.74, 6) is 1.13. The van der Waals surface area contributed by atoms with Crippen molar-refractivity contribution in [1.29, 1.82) is 0 Å². The number of piperidine rings is 1. The van der Waals surface area contributed by atoms with Crippen LogP contribution < -0.4 is 5.32 Å². The molecule has 1 fully saturated rings. The molecular formula is C27H28N4O. The van der Waals surface area contributed by atoms with Gasteiger partial charge < -0.3 is 15.2 Å². The average molecular weight is 425 g/mol. The molecule has 0 unspecified atom stereocenters. The third kappa shape index (κ3) is 4.16. The van der Waals surface area contributed by atoms with Crippen molar-refractivity contribution in [2.45, 2.75) is 19.8 Å². The van der Waals surface area contributed by atoms with Gasteiger partial charge in [0.2, 0.25) is 5.91 Å². The Balaban J connectivity index is 1.28. The van der Waals surface area contributed by atoms with Crippen LogP contribution in [-0.4, -0.2) is 40.9 Å². The maximum atomic E-state index is 12.5. The Kier molecular flexibility index (Phi) is 5.50. The number of hydrogen-bond acceptors (Lipinski definition) is 3. The predicted molar refractivity (Wildman–Crippen MR) is 131 cm³/mol. The van der Waals surface area contributed by atoms with E-state index in [9.17, 15) is 4.79 Å². The first kappa shape index (κ1) is 20.5. The number of anilines is 1. The number of amides is 1. The van der Waals surface area contributed by atoms with Gasteiger partial charge in [-0.2, -0.15) is 0 Å². The molecule has 5 rings (SSSR count). The highest BCUT2D eigenvalue weighted by atomic mass is 16.1.